The molecule has 1 aliphatic carbocycles. The second-order valence-corrected chi connectivity index (χ2v) is 11.4. The third-order valence-corrected chi connectivity index (χ3v) is 8.65. The smallest absolute Gasteiger partial charge is 0.192 e. The molecule has 0 aliphatic heterocycles. The third kappa shape index (κ3) is 3.17. The summed E-state index contributed by atoms with van der Waals surface area (Å²) in [6.45, 7) is 13.5. The van der Waals surface area contributed by atoms with Gasteiger partial charge in [-0.05, 0) is 30.5 Å². The minimum Gasteiger partial charge on any atom is -0.414 e. The predicted octanol–water partition coefficient (Wildman–Crippen LogP) is 3.77. The highest BCUT2D eigenvalue weighted by Gasteiger charge is 2.41. The van der Waals surface area contributed by atoms with Crippen LogP contribution in [0.2, 0.25) is 18.1 Å². The molecule has 0 bridgehead atoms. The van der Waals surface area contributed by atoms with Gasteiger partial charge in [0.2, 0.25) is 0 Å². The van der Waals surface area contributed by atoms with Gasteiger partial charge in [0, 0.05) is 18.9 Å². The molecular formula is C13H26O2Si. The molecule has 0 aromatic carbocycles. The first-order valence-corrected chi connectivity index (χ1v) is 9.24. The number of rotatable bonds is 2. The second kappa shape index (κ2) is 4.61. The second-order valence-electron chi connectivity index (χ2n) is 6.68. The van der Waals surface area contributed by atoms with Crippen LogP contribution in [0.3, 0.4) is 0 Å². The Labute approximate surface area is 101 Å². The lowest BCUT2D eigenvalue weighted by molar-refractivity contribution is -0.123. The Hall–Kier alpha value is -0.153. The van der Waals surface area contributed by atoms with Gasteiger partial charge in [0.05, 0.1) is 0 Å². The van der Waals surface area contributed by atoms with Crippen LogP contribution < -0.4 is 0 Å². The lowest BCUT2D eigenvalue weighted by atomic mass is 9.87. The molecule has 1 rings (SSSR count). The van der Waals surface area contributed by atoms with Gasteiger partial charge in [-0.2, -0.15) is 0 Å². The highest BCUT2D eigenvalue weighted by atomic mass is 28.4. The van der Waals surface area contributed by atoms with Gasteiger partial charge in [0.1, 0.15) is 5.78 Å². The van der Waals surface area contributed by atoms with Crippen LogP contribution in [0.4, 0.5) is 0 Å². The molecule has 0 saturated heterocycles. The number of ketones is 1. The Kier molecular flexibility index (Phi) is 4.01. The lowest BCUT2D eigenvalue weighted by Gasteiger charge is -2.42. The zero-order valence-electron chi connectivity index (χ0n) is 11.6. The van der Waals surface area contributed by atoms with Crippen LogP contribution in [-0.2, 0) is 9.22 Å². The molecule has 0 amide bonds. The molecule has 0 N–H and O–H groups in total. The van der Waals surface area contributed by atoms with Gasteiger partial charge >= 0.3 is 0 Å². The minimum atomic E-state index is -1.67. The first-order chi connectivity index (χ1) is 7.13. The fourth-order valence-corrected chi connectivity index (χ4v) is 3.37. The number of carbonyl (C=O) groups is 1. The van der Waals surface area contributed by atoms with Crippen molar-refractivity contribution in [3.8, 4) is 0 Å². The standard InChI is InChI=1S/C13H26O2Si/c1-10-9-11(14)7-8-12(10)15-16(5,6)13(2,3)4/h10,12H,7-9H2,1-6H3. The van der Waals surface area contributed by atoms with Crippen molar-refractivity contribution in [3.05, 3.63) is 0 Å². The third-order valence-electron chi connectivity index (χ3n) is 4.14. The summed E-state index contributed by atoms with van der Waals surface area (Å²) in [4.78, 5) is 11.3. The molecule has 2 nitrogen and oxygen atoms in total. The first-order valence-electron chi connectivity index (χ1n) is 6.33. The average molecular weight is 242 g/mol. The number of Topliss-reactive ketones (excluding diaryl/α,β-unsaturated/α-hetero) is 1. The van der Waals surface area contributed by atoms with Crippen molar-refractivity contribution in [1.29, 1.82) is 0 Å². The topological polar surface area (TPSA) is 26.3 Å². The van der Waals surface area contributed by atoms with Gasteiger partial charge in [0.15, 0.2) is 8.32 Å². The zero-order chi connectivity index (χ0) is 12.6. The molecule has 0 aromatic heterocycles. The van der Waals surface area contributed by atoms with E-state index in [1.165, 1.54) is 0 Å². The Bertz CT molecular complexity index is 266. The molecule has 2 atom stereocenters. The monoisotopic (exact) mass is 242 g/mol. The summed E-state index contributed by atoms with van der Waals surface area (Å²) in [6, 6.07) is 0. The maximum atomic E-state index is 11.3. The summed E-state index contributed by atoms with van der Waals surface area (Å²) in [5, 5.41) is 0.258. The van der Waals surface area contributed by atoms with E-state index in [1.54, 1.807) is 0 Å². The Balaban J connectivity index is 2.64. The molecule has 0 radical (unpaired) electrons. The molecule has 0 heterocycles. The highest BCUT2D eigenvalue weighted by Crippen LogP contribution is 2.39. The van der Waals surface area contributed by atoms with E-state index >= 15 is 0 Å². The lowest BCUT2D eigenvalue weighted by Crippen LogP contribution is -2.46. The Morgan fingerprint density at radius 2 is 1.88 bits per heavy atom. The molecule has 3 heteroatoms. The average Bonchev–Trinajstić information content (AvgIpc) is 2.08. The Morgan fingerprint density at radius 3 is 2.31 bits per heavy atom. The molecule has 16 heavy (non-hydrogen) atoms. The molecule has 1 fully saturated rings. The summed E-state index contributed by atoms with van der Waals surface area (Å²) in [7, 11) is -1.67. The maximum absolute atomic E-state index is 11.3. The van der Waals surface area contributed by atoms with Gasteiger partial charge in [-0.1, -0.05) is 27.7 Å². The SMILES string of the molecule is CC1CC(=O)CCC1O[Si](C)(C)C(C)(C)C. The molecule has 0 spiro atoms. The number of hydrogen-bond donors (Lipinski definition) is 0. The highest BCUT2D eigenvalue weighted by molar-refractivity contribution is 6.74. The molecule has 1 saturated carbocycles. The van der Waals surface area contributed by atoms with Crippen molar-refractivity contribution in [3.63, 3.8) is 0 Å². The van der Waals surface area contributed by atoms with E-state index in [1.807, 2.05) is 0 Å². The van der Waals surface area contributed by atoms with Crippen molar-refractivity contribution in [1.82, 2.24) is 0 Å². The molecular weight excluding hydrogens is 216 g/mol. The van der Waals surface area contributed by atoms with E-state index in [9.17, 15) is 4.79 Å². The summed E-state index contributed by atoms with van der Waals surface area (Å²) in [5.41, 5.74) is 0. The van der Waals surface area contributed by atoms with Crippen molar-refractivity contribution >= 4 is 14.1 Å². The van der Waals surface area contributed by atoms with Crippen LogP contribution in [0, 0.1) is 5.92 Å². The van der Waals surface area contributed by atoms with Crippen LogP contribution >= 0.6 is 0 Å². The summed E-state index contributed by atoms with van der Waals surface area (Å²) >= 11 is 0. The van der Waals surface area contributed by atoms with E-state index in [0.717, 1.165) is 6.42 Å². The molecule has 1 aliphatic rings. The van der Waals surface area contributed by atoms with Crippen molar-refractivity contribution in [2.75, 3.05) is 0 Å². The van der Waals surface area contributed by atoms with Crippen molar-refractivity contribution < 1.29 is 9.22 Å². The van der Waals surface area contributed by atoms with Gasteiger partial charge < -0.3 is 4.43 Å². The van der Waals surface area contributed by atoms with E-state index in [2.05, 4.69) is 40.8 Å². The van der Waals surface area contributed by atoms with Crippen LogP contribution in [0.15, 0.2) is 0 Å². The number of hydrogen-bond acceptors (Lipinski definition) is 2. The van der Waals surface area contributed by atoms with Crippen LogP contribution in [0.5, 0.6) is 0 Å². The van der Waals surface area contributed by atoms with E-state index < -0.39 is 8.32 Å². The van der Waals surface area contributed by atoms with Gasteiger partial charge in [0.25, 0.3) is 0 Å². The van der Waals surface area contributed by atoms with Crippen LogP contribution in [0.1, 0.15) is 47.0 Å². The zero-order valence-corrected chi connectivity index (χ0v) is 12.6. The minimum absolute atomic E-state index is 0.258. The van der Waals surface area contributed by atoms with Crippen molar-refractivity contribution in [2.24, 2.45) is 5.92 Å². The summed E-state index contributed by atoms with van der Waals surface area (Å²) in [6.07, 6.45) is 2.65. The largest absolute Gasteiger partial charge is 0.414 e. The molecule has 2 unspecified atom stereocenters. The van der Waals surface area contributed by atoms with Gasteiger partial charge in [-0.25, -0.2) is 0 Å². The first kappa shape index (κ1) is 13.9. The van der Waals surface area contributed by atoms with Crippen molar-refractivity contribution in [2.45, 2.75) is 71.2 Å². The van der Waals surface area contributed by atoms with Crippen LogP contribution in [0.25, 0.3) is 0 Å². The Morgan fingerprint density at radius 1 is 1.31 bits per heavy atom. The van der Waals surface area contributed by atoms with E-state index in [0.29, 0.717) is 30.6 Å². The maximum Gasteiger partial charge on any atom is 0.192 e. The van der Waals surface area contributed by atoms with E-state index in [4.69, 9.17) is 4.43 Å². The molecule has 94 valence electrons. The molecule has 0 aromatic rings. The fourth-order valence-electron chi connectivity index (χ4n) is 1.91. The van der Waals surface area contributed by atoms with Gasteiger partial charge in [-0.3, -0.25) is 4.79 Å². The van der Waals surface area contributed by atoms with E-state index in [-0.39, 0.29) is 5.04 Å². The van der Waals surface area contributed by atoms with Crippen LogP contribution in [-0.4, -0.2) is 20.2 Å². The summed E-state index contributed by atoms with van der Waals surface area (Å²) < 4.78 is 6.39. The fraction of sp³-hybridized carbons (Fsp3) is 0.923. The summed E-state index contributed by atoms with van der Waals surface area (Å²) in [5.74, 6) is 0.804. The quantitative estimate of drug-likeness (QED) is 0.689. The number of carbonyl (C=O) groups excluding carboxylic acids is 1. The van der Waals surface area contributed by atoms with Gasteiger partial charge in [-0.15, -0.1) is 0 Å². The normalized spacial score (nSPS) is 28.2. The predicted molar refractivity (Wildman–Crippen MR) is 70.1 cm³/mol.